The van der Waals surface area contributed by atoms with E-state index in [2.05, 4.69) is 49.5 Å². The number of hydrogen-bond acceptors (Lipinski definition) is 3. The molecule has 0 aliphatic rings. The van der Waals surface area contributed by atoms with E-state index in [0.717, 1.165) is 16.7 Å². The van der Waals surface area contributed by atoms with Gasteiger partial charge in [0.1, 0.15) is 5.75 Å². The molecule has 4 heteroatoms. The van der Waals surface area contributed by atoms with Crippen molar-refractivity contribution in [1.82, 2.24) is 5.43 Å². The molecule has 4 nitrogen and oxygen atoms in total. The lowest BCUT2D eigenvalue weighted by molar-refractivity contribution is -0.123. The zero-order chi connectivity index (χ0) is 18.4. The van der Waals surface area contributed by atoms with Crippen molar-refractivity contribution in [2.75, 3.05) is 6.61 Å². The maximum atomic E-state index is 11.8. The van der Waals surface area contributed by atoms with Gasteiger partial charge in [-0.2, -0.15) is 5.10 Å². The van der Waals surface area contributed by atoms with E-state index in [1.54, 1.807) is 6.21 Å². The Morgan fingerprint density at radius 1 is 1.08 bits per heavy atom. The first kappa shape index (κ1) is 18.7. The van der Waals surface area contributed by atoms with Crippen molar-refractivity contribution in [2.45, 2.75) is 40.0 Å². The number of carbonyl (C=O) groups excluding carboxylic acids is 1. The van der Waals surface area contributed by atoms with Gasteiger partial charge < -0.3 is 4.74 Å². The summed E-state index contributed by atoms with van der Waals surface area (Å²) in [5.74, 6) is 0.399. The Morgan fingerprint density at radius 3 is 2.24 bits per heavy atom. The molecule has 0 saturated heterocycles. The minimum atomic E-state index is -0.290. The van der Waals surface area contributed by atoms with Crippen molar-refractivity contribution < 1.29 is 9.53 Å². The number of nitrogens with one attached hydrogen (secondary N) is 1. The molecule has 2 aromatic rings. The fraction of sp³-hybridized carbons (Fsp3) is 0.333. The summed E-state index contributed by atoms with van der Waals surface area (Å²) in [7, 11) is 0. The molecule has 1 N–H and O–H groups in total. The molecule has 0 unspecified atom stereocenters. The first-order valence-electron chi connectivity index (χ1n) is 8.37. The fourth-order valence-electron chi connectivity index (χ4n) is 2.45. The Labute approximate surface area is 149 Å². The third kappa shape index (κ3) is 6.07. The SMILES string of the molecule is Cc1cc(C)cc(OCC(=O)N/N=C/c2ccc(C(C)(C)C)cc2)c1. The van der Waals surface area contributed by atoms with Crippen molar-refractivity contribution in [1.29, 1.82) is 0 Å². The number of aryl methyl sites for hydroxylation is 2. The molecule has 0 saturated carbocycles. The van der Waals surface area contributed by atoms with Crippen LogP contribution in [0.2, 0.25) is 0 Å². The average Bonchev–Trinajstić information content (AvgIpc) is 2.52. The van der Waals surface area contributed by atoms with Crippen LogP contribution in [0, 0.1) is 13.8 Å². The van der Waals surface area contributed by atoms with Crippen LogP contribution in [0.3, 0.4) is 0 Å². The van der Waals surface area contributed by atoms with Crippen LogP contribution >= 0.6 is 0 Å². The summed E-state index contributed by atoms with van der Waals surface area (Å²) in [4.78, 5) is 11.8. The number of nitrogens with zero attached hydrogens (tertiary/aromatic N) is 1. The summed E-state index contributed by atoms with van der Waals surface area (Å²) in [5, 5.41) is 3.98. The summed E-state index contributed by atoms with van der Waals surface area (Å²) in [5.41, 5.74) is 7.00. The molecule has 2 aromatic carbocycles. The van der Waals surface area contributed by atoms with Crippen molar-refractivity contribution in [3.8, 4) is 5.75 Å². The smallest absolute Gasteiger partial charge is 0.277 e. The molecular formula is C21H26N2O2. The second kappa shape index (κ2) is 7.97. The molecule has 2 rings (SSSR count). The molecule has 0 aliphatic heterocycles. The van der Waals surface area contributed by atoms with Crippen LogP contribution in [0.25, 0.3) is 0 Å². The third-order valence-corrected chi connectivity index (χ3v) is 3.74. The Kier molecular flexibility index (Phi) is 5.97. The largest absolute Gasteiger partial charge is 0.484 e. The maximum absolute atomic E-state index is 11.8. The Hall–Kier alpha value is -2.62. The van der Waals surface area contributed by atoms with Crippen LogP contribution in [-0.4, -0.2) is 18.7 Å². The molecule has 0 aromatic heterocycles. The van der Waals surface area contributed by atoms with Gasteiger partial charge in [0.2, 0.25) is 0 Å². The normalized spacial score (nSPS) is 11.6. The third-order valence-electron chi connectivity index (χ3n) is 3.74. The van der Waals surface area contributed by atoms with Gasteiger partial charge in [0.15, 0.2) is 6.61 Å². The fourth-order valence-corrected chi connectivity index (χ4v) is 2.45. The Morgan fingerprint density at radius 2 is 1.68 bits per heavy atom. The molecule has 1 amide bonds. The van der Waals surface area contributed by atoms with Gasteiger partial charge in [-0.05, 0) is 53.6 Å². The molecule has 0 heterocycles. The maximum Gasteiger partial charge on any atom is 0.277 e. The van der Waals surface area contributed by atoms with Gasteiger partial charge in [0.05, 0.1) is 6.21 Å². The molecule has 0 fully saturated rings. The van der Waals surface area contributed by atoms with E-state index >= 15 is 0 Å². The minimum Gasteiger partial charge on any atom is -0.484 e. The zero-order valence-corrected chi connectivity index (χ0v) is 15.6. The second-order valence-corrected chi connectivity index (χ2v) is 7.28. The number of benzene rings is 2. The highest BCUT2D eigenvalue weighted by molar-refractivity contribution is 5.83. The molecule has 0 bridgehead atoms. The van der Waals surface area contributed by atoms with E-state index in [9.17, 15) is 4.79 Å². The van der Waals surface area contributed by atoms with Crippen molar-refractivity contribution >= 4 is 12.1 Å². The monoisotopic (exact) mass is 338 g/mol. The number of ether oxygens (including phenoxy) is 1. The van der Waals surface area contributed by atoms with Crippen LogP contribution in [0.1, 0.15) is 43.0 Å². The first-order valence-corrected chi connectivity index (χ1v) is 8.37. The summed E-state index contributed by atoms with van der Waals surface area (Å²) < 4.78 is 5.50. The number of amides is 1. The summed E-state index contributed by atoms with van der Waals surface area (Å²) in [6.07, 6.45) is 1.63. The van der Waals surface area contributed by atoms with E-state index in [-0.39, 0.29) is 17.9 Å². The second-order valence-electron chi connectivity index (χ2n) is 7.28. The van der Waals surface area contributed by atoms with Crippen molar-refractivity contribution in [2.24, 2.45) is 5.10 Å². The van der Waals surface area contributed by atoms with Gasteiger partial charge in [0, 0.05) is 0 Å². The highest BCUT2D eigenvalue weighted by Crippen LogP contribution is 2.21. The highest BCUT2D eigenvalue weighted by Gasteiger charge is 2.12. The predicted octanol–water partition coefficient (Wildman–Crippen LogP) is 4.13. The molecule has 0 spiro atoms. The standard InChI is InChI=1S/C21H26N2O2/c1-15-10-16(2)12-19(11-15)25-14-20(24)23-22-13-17-6-8-18(9-7-17)21(3,4)5/h6-13H,14H2,1-5H3,(H,23,24)/b22-13+. The van der Waals surface area contributed by atoms with Gasteiger partial charge in [-0.1, -0.05) is 51.1 Å². The van der Waals surface area contributed by atoms with Crippen LogP contribution < -0.4 is 10.2 Å². The van der Waals surface area contributed by atoms with Gasteiger partial charge in [-0.3, -0.25) is 4.79 Å². The average molecular weight is 338 g/mol. The Balaban J connectivity index is 1.84. The van der Waals surface area contributed by atoms with Crippen LogP contribution in [-0.2, 0) is 10.2 Å². The molecular weight excluding hydrogens is 312 g/mol. The molecule has 0 radical (unpaired) electrons. The molecule has 25 heavy (non-hydrogen) atoms. The lowest BCUT2D eigenvalue weighted by Crippen LogP contribution is -2.24. The van der Waals surface area contributed by atoms with E-state index in [4.69, 9.17) is 4.74 Å². The lowest BCUT2D eigenvalue weighted by atomic mass is 9.87. The molecule has 0 atom stereocenters. The van der Waals surface area contributed by atoms with Gasteiger partial charge >= 0.3 is 0 Å². The molecule has 0 aliphatic carbocycles. The first-order chi connectivity index (χ1) is 11.7. The number of hydrogen-bond donors (Lipinski definition) is 1. The quantitative estimate of drug-likeness (QED) is 0.658. The van der Waals surface area contributed by atoms with Gasteiger partial charge in [-0.15, -0.1) is 0 Å². The van der Waals surface area contributed by atoms with Crippen molar-refractivity contribution in [3.63, 3.8) is 0 Å². The summed E-state index contributed by atoms with van der Waals surface area (Å²) >= 11 is 0. The predicted molar refractivity (Wildman–Crippen MR) is 102 cm³/mol. The van der Waals surface area contributed by atoms with E-state index < -0.39 is 0 Å². The van der Waals surface area contributed by atoms with E-state index in [1.165, 1.54) is 5.56 Å². The lowest BCUT2D eigenvalue weighted by Gasteiger charge is -2.18. The topological polar surface area (TPSA) is 50.7 Å². The number of carbonyl (C=O) groups is 1. The molecule has 132 valence electrons. The van der Waals surface area contributed by atoms with Gasteiger partial charge in [0.25, 0.3) is 5.91 Å². The minimum absolute atomic E-state index is 0.0663. The summed E-state index contributed by atoms with van der Waals surface area (Å²) in [6, 6.07) is 14.0. The van der Waals surface area contributed by atoms with Crippen LogP contribution in [0.15, 0.2) is 47.6 Å². The van der Waals surface area contributed by atoms with E-state index in [0.29, 0.717) is 5.75 Å². The summed E-state index contributed by atoms with van der Waals surface area (Å²) in [6.45, 7) is 10.4. The highest BCUT2D eigenvalue weighted by atomic mass is 16.5. The van der Waals surface area contributed by atoms with E-state index in [1.807, 2.05) is 38.1 Å². The van der Waals surface area contributed by atoms with Crippen LogP contribution in [0.5, 0.6) is 5.75 Å². The number of rotatable bonds is 5. The van der Waals surface area contributed by atoms with Gasteiger partial charge in [-0.25, -0.2) is 5.43 Å². The zero-order valence-electron chi connectivity index (χ0n) is 15.6. The van der Waals surface area contributed by atoms with Crippen LogP contribution in [0.4, 0.5) is 0 Å². The Bertz CT molecular complexity index is 736. The number of hydrazone groups is 1. The van der Waals surface area contributed by atoms with Crippen molar-refractivity contribution in [3.05, 3.63) is 64.7 Å².